The molecule has 0 unspecified atom stereocenters. The zero-order valence-electron chi connectivity index (χ0n) is 18.2. The fourth-order valence-corrected chi connectivity index (χ4v) is 4.11. The number of carbonyl (C=O) groups excluding carboxylic acids is 2. The third kappa shape index (κ3) is 4.64. The van der Waals surface area contributed by atoms with Gasteiger partial charge in [-0.25, -0.2) is 14.3 Å². The number of hydrogen-bond donors (Lipinski definition) is 1. The van der Waals surface area contributed by atoms with Crippen LogP contribution in [0.3, 0.4) is 0 Å². The van der Waals surface area contributed by atoms with Crippen LogP contribution in [0.15, 0.2) is 36.5 Å². The Morgan fingerprint density at radius 1 is 1.09 bits per heavy atom. The maximum absolute atomic E-state index is 12.3. The fourth-order valence-electron chi connectivity index (χ4n) is 3.61. The van der Waals surface area contributed by atoms with E-state index in [4.69, 9.17) is 10.5 Å². The van der Waals surface area contributed by atoms with Crippen molar-refractivity contribution in [3.8, 4) is 11.1 Å². The van der Waals surface area contributed by atoms with E-state index in [-0.39, 0.29) is 11.8 Å². The van der Waals surface area contributed by atoms with Gasteiger partial charge in [-0.15, -0.1) is 0 Å². The highest BCUT2D eigenvalue weighted by atomic mass is 127. The Morgan fingerprint density at radius 2 is 1.75 bits per heavy atom. The van der Waals surface area contributed by atoms with Gasteiger partial charge in [0.25, 0.3) is 5.91 Å². The molecular formula is C22H25IN6O3. The number of ether oxygens (including phenoxy) is 1. The predicted molar refractivity (Wildman–Crippen MR) is 130 cm³/mol. The van der Waals surface area contributed by atoms with Crippen LogP contribution in [0.2, 0.25) is 0 Å². The molecule has 1 aliphatic heterocycles. The number of primary amides is 1. The van der Waals surface area contributed by atoms with E-state index < -0.39 is 11.5 Å². The highest BCUT2D eigenvalue weighted by Crippen LogP contribution is 2.27. The van der Waals surface area contributed by atoms with Crippen molar-refractivity contribution >= 4 is 45.9 Å². The summed E-state index contributed by atoms with van der Waals surface area (Å²) < 4.78 is 7.86. The highest BCUT2D eigenvalue weighted by molar-refractivity contribution is 14.1. The molecule has 0 atom stereocenters. The van der Waals surface area contributed by atoms with Crippen molar-refractivity contribution in [2.75, 3.05) is 31.1 Å². The number of nitrogens with two attached hydrogens (primary N) is 1. The number of imidazole rings is 1. The lowest BCUT2D eigenvalue weighted by Crippen LogP contribution is -2.50. The van der Waals surface area contributed by atoms with E-state index in [2.05, 4.69) is 37.6 Å². The summed E-state index contributed by atoms with van der Waals surface area (Å²) in [6.45, 7) is 8.23. The maximum Gasteiger partial charge on any atom is 0.410 e. The summed E-state index contributed by atoms with van der Waals surface area (Å²) in [7, 11) is 0. The van der Waals surface area contributed by atoms with Gasteiger partial charge in [0.2, 0.25) is 0 Å². The molecule has 1 fully saturated rings. The summed E-state index contributed by atoms with van der Waals surface area (Å²) in [6.07, 6.45) is 1.42. The molecule has 2 amide bonds. The van der Waals surface area contributed by atoms with E-state index in [1.807, 2.05) is 51.1 Å². The smallest absolute Gasteiger partial charge is 0.410 e. The molecule has 3 aromatic rings. The molecule has 0 aliphatic carbocycles. The van der Waals surface area contributed by atoms with Crippen molar-refractivity contribution in [3.05, 3.63) is 45.9 Å². The number of anilines is 1. The van der Waals surface area contributed by atoms with Crippen molar-refractivity contribution in [2.24, 2.45) is 5.73 Å². The number of amides is 2. The zero-order valence-corrected chi connectivity index (χ0v) is 20.4. The van der Waals surface area contributed by atoms with Gasteiger partial charge in [-0.3, -0.25) is 4.79 Å². The van der Waals surface area contributed by atoms with E-state index in [1.165, 1.54) is 0 Å². The summed E-state index contributed by atoms with van der Waals surface area (Å²) in [5, 5.41) is 4.39. The SMILES string of the molecule is CC(C)(C)OC(=O)N1CCN(c2ccc(-c3cc4ncc(I)n4nc3C(N)=O)cc2)CC1. The first-order valence-electron chi connectivity index (χ1n) is 10.3. The normalized spacial score (nSPS) is 14.6. The van der Waals surface area contributed by atoms with Crippen LogP contribution in [0.25, 0.3) is 16.8 Å². The number of piperazine rings is 1. The van der Waals surface area contributed by atoms with Crippen LogP contribution < -0.4 is 10.6 Å². The molecule has 2 N–H and O–H groups in total. The van der Waals surface area contributed by atoms with E-state index in [0.29, 0.717) is 37.4 Å². The van der Waals surface area contributed by atoms with Crippen molar-refractivity contribution in [1.82, 2.24) is 19.5 Å². The number of nitrogens with zero attached hydrogens (tertiary/aromatic N) is 5. The second-order valence-electron chi connectivity index (χ2n) is 8.62. The average molecular weight is 548 g/mol. The van der Waals surface area contributed by atoms with Crippen LogP contribution in [0, 0.1) is 3.70 Å². The van der Waals surface area contributed by atoms with Crippen LogP contribution >= 0.6 is 22.6 Å². The zero-order chi connectivity index (χ0) is 23.0. The Balaban J connectivity index is 1.50. The minimum absolute atomic E-state index is 0.201. The topological polar surface area (TPSA) is 106 Å². The largest absolute Gasteiger partial charge is 0.444 e. The van der Waals surface area contributed by atoms with Gasteiger partial charge in [0.15, 0.2) is 11.3 Å². The van der Waals surface area contributed by atoms with Gasteiger partial charge >= 0.3 is 6.09 Å². The molecule has 3 heterocycles. The molecule has 2 aromatic heterocycles. The molecule has 168 valence electrons. The van der Waals surface area contributed by atoms with E-state index in [1.54, 1.807) is 15.6 Å². The second-order valence-corrected chi connectivity index (χ2v) is 9.73. The van der Waals surface area contributed by atoms with Crippen molar-refractivity contribution in [2.45, 2.75) is 26.4 Å². The number of halogens is 1. The van der Waals surface area contributed by atoms with Crippen LogP contribution in [-0.2, 0) is 4.74 Å². The minimum Gasteiger partial charge on any atom is -0.444 e. The second kappa shape index (κ2) is 8.57. The summed E-state index contributed by atoms with van der Waals surface area (Å²) in [5.41, 5.74) is 8.47. The van der Waals surface area contributed by atoms with Gasteiger partial charge in [-0.1, -0.05) is 12.1 Å². The van der Waals surface area contributed by atoms with E-state index >= 15 is 0 Å². The van der Waals surface area contributed by atoms with Gasteiger partial charge < -0.3 is 20.3 Å². The van der Waals surface area contributed by atoms with Gasteiger partial charge in [0, 0.05) is 37.4 Å². The van der Waals surface area contributed by atoms with E-state index in [0.717, 1.165) is 15.0 Å². The molecule has 0 radical (unpaired) electrons. The van der Waals surface area contributed by atoms with Crippen molar-refractivity contribution in [3.63, 3.8) is 0 Å². The molecule has 0 spiro atoms. The van der Waals surface area contributed by atoms with Crippen LogP contribution in [-0.4, -0.2) is 63.3 Å². The molecule has 0 bridgehead atoms. The standard InChI is InChI=1S/C22H25IN6O3/c1-22(2,3)32-21(31)28-10-8-27(9-11-28)15-6-4-14(5-7-15)16-12-18-25-13-17(23)29(18)26-19(16)20(24)30/h4-7,12-13H,8-11H2,1-3H3,(H2,24,30). The number of rotatable bonds is 3. The first kappa shape index (κ1) is 22.3. The Bertz CT molecular complexity index is 1160. The lowest BCUT2D eigenvalue weighted by molar-refractivity contribution is 0.0240. The van der Waals surface area contributed by atoms with Gasteiger partial charge in [0.1, 0.15) is 9.30 Å². The molecular weight excluding hydrogens is 523 g/mol. The number of carbonyl (C=O) groups is 2. The Morgan fingerprint density at radius 3 is 2.34 bits per heavy atom. The molecule has 1 aromatic carbocycles. The molecule has 9 nitrogen and oxygen atoms in total. The number of hydrogen-bond acceptors (Lipinski definition) is 6. The summed E-state index contributed by atoms with van der Waals surface area (Å²) in [5.74, 6) is -0.589. The minimum atomic E-state index is -0.589. The molecule has 32 heavy (non-hydrogen) atoms. The number of benzene rings is 1. The van der Waals surface area contributed by atoms with Gasteiger partial charge in [-0.2, -0.15) is 5.10 Å². The summed E-state index contributed by atoms with van der Waals surface area (Å²) in [6, 6.07) is 9.72. The molecule has 10 heteroatoms. The quantitative estimate of drug-likeness (QED) is 0.505. The molecule has 1 aliphatic rings. The van der Waals surface area contributed by atoms with E-state index in [9.17, 15) is 9.59 Å². The maximum atomic E-state index is 12.3. The average Bonchev–Trinajstić information content (AvgIpc) is 3.12. The van der Waals surface area contributed by atoms with Crippen LogP contribution in [0.4, 0.5) is 10.5 Å². The number of fused-ring (bicyclic) bond motifs is 1. The highest BCUT2D eigenvalue weighted by Gasteiger charge is 2.26. The Kier molecular flexibility index (Phi) is 5.97. The monoisotopic (exact) mass is 548 g/mol. The Labute approximate surface area is 199 Å². The lowest BCUT2D eigenvalue weighted by Gasteiger charge is -2.36. The number of aromatic nitrogens is 3. The molecule has 1 saturated heterocycles. The third-order valence-electron chi connectivity index (χ3n) is 5.16. The first-order valence-corrected chi connectivity index (χ1v) is 11.4. The van der Waals surface area contributed by atoms with Gasteiger partial charge in [-0.05, 0) is 67.1 Å². The summed E-state index contributed by atoms with van der Waals surface area (Å²) >= 11 is 2.11. The third-order valence-corrected chi connectivity index (χ3v) is 5.89. The van der Waals surface area contributed by atoms with Crippen molar-refractivity contribution in [1.29, 1.82) is 0 Å². The lowest BCUT2D eigenvalue weighted by atomic mass is 10.0. The molecule has 4 rings (SSSR count). The van der Waals surface area contributed by atoms with Crippen LogP contribution in [0.1, 0.15) is 31.3 Å². The van der Waals surface area contributed by atoms with Gasteiger partial charge in [0.05, 0.1) is 6.20 Å². The van der Waals surface area contributed by atoms with Crippen LogP contribution in [0.5, 0.6) is 0 Å². The summed E-state index contributed by atoms with van der Waals surface area (Å²) in [4.78, 5) is 32.6. The predicted octanol–water partition coefficient (Wildman–Crippen LogP) is 3.16. The van der Waals surface area contributed by atoms with Crippen molar-refractivity contribution < 1.29 is 14.3 Å². The molecule has 0 saturated carbocycles. The fraction of sp³-hybridized carbons (Fsp3) is 0.364. The Hall–Kier alpha value is -2.89. The first-order chi connectivity index (χ1) is 15.1.